The average Bonchev–Trinajstić information content (AvgIpc) is 2.40. The largest absolute Gasteiger partial charge is 0.493 e. The van der Waals surface area contributed by atoms with Gasteiger partial charge in [-0.25, -0.2) is 4.98 Å². The third-order valence-corrected chi connectivity index (χ3v) is 2.14. The van der Waals surface area contributed by atoms with Gasteiger partial charge in [0.1, 0.15) is 17.5 Å². The Labute approximate surface area is 99.1 Å². The van der Waals surface area contributed by atoms with Crippen LogP contribution in [0, 0.1) is 11.3 Å². The number of pyridine rings is 1. The minimum absolute atomic E-state index is 0.294. The van der Waals surface area contributed by atoms with Crippen molar-refractivity contribution in [3.63, 3.8) is 0 Å². The maximum absolute atomic E-state index is 8.73. The Morgan fingerprint density at radius 1 is 1.18 bits per heavy atom. The number of methoxy groups -OCH3 is 1. The standard InChI is InChI=1S/C13H10N2O2/c1-16-12-7-10(8-14)15-9-13(12)17-11-5-3-2-4-6-11/h2-7,9H,1H3. The van der Waals surface area contributed by atoms with E-state index in [1.807, 2.05) is 36.4 Å². The molecule has 2 aromatic rings. The van der Waals surface area contributed by atoms with Crippen LogP contribution in [0.1, 0.15) is 5.69 Å². The van der Waals surface area contributed by atoms with E-state index >= 15 is 0 Å². The van der Waals surface area contributed by atoms with E-state index in [9.17, 15) is 0 Å². The molecule has 0 aliphatic heterocycles. The summed E-state index contributed by atoms with van der Waals surface area (Å²) in [6, 6.07) is 12.8. The first kappa shape index (κ1) is 11.0. The zero-order chi connectivity index (χ0) is 12.1. The molecule has 4 heteroatoms. The van der Waals surface area contributed by atoms with Gasteiger partial charge in [-0.1, -0.05) is 18.2 Å². The summed E-state index contributed by atoms with van der Waals surface area (Å²) in [5, 5.41) is 8.73. The number of hydrogen-bond donors (Lipinski definition) is 0. The fraction of sp³-hybridized carbons (Fsp3) is 0.0769. The molecule has 0 N–H and O–H groups in total. The summed E-state index contributed by atoms with van der Waals surface area (Å²) in [7, 11) is 1.52. The molecule has 0 unspecified atom stereocenters. The van der Waals surface area contributed by atoms with Gasteiger partial charge >= 0.3 is 0 Å². The SMILES string of the molecule is COc1cc(C#N)ncc1Oc1ccccc1. The molecule has 1 aromatic carbocycles. The van der Waals surface area contributed by atoms with E-state index in [1.165, 1.54) is 19.4 Å². The lowest BCUT2D eigenvalue weighted by Gasteiger charge is -2.09. The summed E-state index contributed by atoms with van der Waals surface area (Å²) in [5.41, 5.74) is 0.294. The van der Waals surface area contributed by atoms with Crippen molar-refractivity contribution in [3.8, 4) is 23.3 Å². The third-order valence-electron chi connectivity index (χ3n) is 2.14. The predicted molar refractivity (Wildman–Crippen MR) is 62.0 cm³/mol. The predicted octanol–water partition coefficient (Wildman–Crippen LogP) is 2.75. The van der Waals surface area contributed by atoms with Gasteiger partial charge < -0.3 is 9.47 Å². The van der Waals surface area contributed by atoms with Gasteiger partial charge in [0.15, 0.2) is 11.5 Å². The van der Waals surface area contributed by atoms with Crippen molar-refractivity contribution in [2.45, 2.75) is 0 Å². The molecular weight excluding hydrogens is 216 g/mol. The molecule has 0 radical (unpaired) electrons. The minimum Gasteiger partial charge on any atom is -0.493 e. The number of benzene rings is 1. The fourth-order valence-corrected chi connectivity index (χ4v) is 1.34. The van der Waals surface area contributed by atoms with Gasteiger partial charge in [-0.3, -0.25) is 0 Å². The summed E-state index contributed by atoms with van der Waals surface area (Å²) in [6.45, 7) is 0. The zero-order valence-corrected chi connectivity index (χ0v) is 9.25. The molecule has 0 saturated carbocycles. The van der Waals surface area contributed by atoms with Crippen LogP contribution in [0.2, 0.25) is 0 Å². The average molecular weight is 226 g/mol. The second-order valence-electron chi connectivity index (χ2n) is 3.25. The zero-order valence-electron chi connectivity index (χ0n) is 9.25. The summed E-state index contributed by atoms with van der Waals surface area (Å²) in [5.74, 6) is 1.66. The molecule has 4 nitrogen and oxygen atoms in total. The maximum Gasteiger partial charge on any atom is 0.187 e. The maximum atomic E-state index is 8.73. The van der Waals surface area contributed by atoms with E-state index in [4.69, 9.17) is 14.7 Å². The quantitative estimate of drug-likeness (QED) is 0.807. The Morgan fingerprint density at radius 2 is 1.94 bits per heavy atom. The first-order valence-corrected chi connectivity index (χ1v) is 5.00. The lowest BCUT2D eigenvalue weighted by molar-refractivity contribution is 0.377. The molecule has 0 bridgehead atoms. The summed E-state index contributed by atoms with van der Waals surface area (Å²) in [4.78, 5) is 3.94. The Hall–Kier alpha value is -2.54. The molecule has 0 aliphatic rings. The van der Waals surface area contributed by atoms with Gasteiger partial charge in [0, 0.05) is 6.07 Å². The van der Waals surface area contributed by atoms with Gasteiger partial charge in [0.05, 0.1) is 13.3 Å². The van der Waals surface area contributed by atoms with Crippen molar-refractivity contribution >= 4 is 0 Å². The van der Waals surface area contributed by atoms with Crippen molar-refractivity contribution in [2.24, 2.45) is 0 Å². The molecule has 84 valence electrons. The molecule has 0 fully saturated rings. The van der Waals surface area contributed by atoms with Crippen LogP contribution in [0.15, 0.2) is 42.6 Å². The second kappa shape index (κ2) is 4.99. The Bertz CT molecular complexity index is 547. The number of nitrogens with zero attached hydrogens (tertiary/aromatic N) is 2. The number of nitriles is 1. The lowest BCUT2D eigenvalue weighted by atomic mass is 10.3. The minimum atomic E-state index is 0.294. The normalized spacial score (nSPS) is 9.41. The summed E-state index contributed by atoms with van der Waals surface area (Å²) >= 11 is 0. The van der Waals surface area contributed by atoms with Crippen LogP contribution in [0.25, 0.3) is 0 Å². The highest BCUT2D eigenvalue weighted by molar-refractivity contribution is 5.44. The van der Waals surface area contributed by atoms with E-state index in [1.54, 1.807) is 0 Å². The van der Waals surface area contributed by atoms with Gasteiger partial charge in [0.25, 0.3) is 0 Å². The molecule has 1 aromatic heterocycles. The van der Waals surface area contributed by atoms with E-state index in [-0.39, 0.29) is 0 Å². The van der Waals surface area contributed by atoms with Gasteiger partial charge in [-0.2, -0.15) is 5.26 Å². The molecule has 1 heterocycles. The molecule has 17 heavy (non-hydrogen) atoms. The van der Waals surface area contributed by atoms with Gasteiger partial charge in [-0.15, -0.1) is 0 Å². The molecule has 0 aliphatic carbocycles. The Morgan fingerprint density at radius 3 is 2.59 bits per heavy atom. The number of hydrogen-bond acceptors (Lipinski definition) is 4. The van der Waals surface area contributed by atoms with Crippen LogP contribution in [-0.2, 0) is 0 Å². The molecular formula is C13H10N2O2. The van der Waals surface area contributed by atoms with Gasteiger partial charge in [-0.05, 0) is 12.1 Å². The van der Waals surface area contributed by atoms with Crippen molar-refractivity contribution in [3.05, 3.63) is 48.3 Å². The van der Waals surface area contributed by atoms with Crippen LogP contribution in [0.5, 0.6) is 17.2 Å². The third kappa shape index (κ3) is 2.52. The topological polar surface area (TPSA) is 55.1 Å². The van der Waals surface area contributed by atoms with Gasteiger partial charge in [0.2, 0.25) is 0 Å². The molecule has 0 amide bonds. The van der Waals surface area contributed by atoms with Crippen LogP contribution < -0.4 is 9.47 Å². The number of aromatic nitrogens is 1. The summed E-state index contributed by atoms with van der Waals surface area (Å²) in [6.07, 6.45) is 1.48. The highest BCUT2D eigenvalue weighted by Gasteiger charge is 2.07. The van der Waals surface area contributed by atoms with E-state index in [2.05, 4.69) is 4.98 Å². The van der Waals surface area contributed by atoms with Crippen molar-refractivity contribution < 1.29 is 9.47 Å². The lowest BCUT2D eigenvalue weighted by Crippen LogP contribution is -1.93. The van der Waals surface area contributed by atoms with Crippen molar-refractivity contribution in [2.75, 3.05) is 7.11 Å². The molecule has 0 saturated heterocycles. The Kier molecular flexibility index (Phi) is 3.22. The number of para-hydroxylation sites is 1. The monoisotopic (exact) mass is 226 g/mol. The van der Waals surface area contributed by atoms with Crippen LogP contribution in [0.3, 0.4) is 0 Å². The summed E-state index contributed by atoms with van der Waals surface area (Å²) < 4.78 is 10.7. The molecule has 2 rings (SSSR count). The van der Waals surface area contributed by atoms with E-state index < -0.39 is 0 Å². The van der Waals surface area contributed by atoms with Crippen molar-refractivity contribution in [1.29, 1.82) is 5.26 Å². The van der Waals surface area contributed by atoms with Crippen LogP contribution >= 0.6 is 0 Å². The van der Waals surface area contributed by atoms with Crippen LogP contribution in [0.4, 0.5) is 0 Å². The first-order chi connectivity index (χ1) is 8.33. The van der Waals surface area contributed by atoms with E-state index in [0.29, 0.717) is 22.9 Å². The van der Waals surface area contributed by atoms with Crippen LogP contribution in [-0.4, -0.2) is 12.1 Å². The highest BCUT2D eigenvalue weighted by Crippen LogP contribution is 2.30. The van der Waals surface area contributed by atoms with Crippen molar-refractivity contribution in [1.82, 2.24) is 4.98 Å². The number of ether oxygens (including phenoxy) is 2. The fourth-order valence-electron chi connectivity index (χ4n) is 1.34. The molecule has 0 atom stereocenters. The first-order valence-electron chi connectivity index (χ1n) is 5.00. The number of rotatable bonds is 3. The molecule has 0 spiro atoms. The Balaban J connectivity index is 2.30. The van der Waals surface area contributed by atoms with E-state index in [0.717, 1.165) is 0 Å². The highest BCUT2D eigenvalue weighted by atomic mass is 16.5. The smallest absolute Gasteiger partial charge is 0.187 e. The second-order valence-corrected chi connectivity index (χ2v) is 3.25.